The molecule has 0 fully saturated rings. The molecule has 2 heterocycles. The van der Waals surface area contributed by atoms with E-state index in [2.05, 4.69) is 26.2 Å². The number of pyridine rings is 1. The summed E-state index contributed by atoms with van der Waals surface area (Å²) >= 11 is 0. The molecule has 0 saturated heterocycles. The molecular weight excluding hydrogens is 372 g/mol. The fourth-order valence-electron chi connectivity index (χ4n) is 3.28. The molecule has 0 spiro atoms. The van der Waals surface area contributed by atoms with Crippen molar-refractivity contribution >= 4 is 28.2 Å². The number of ketones is 1. The second kappa shape index (κ2) is 8.97. The molecule has 0 bridgehead atoms. The number of terminal acetylenes is 1. The van der Waals surface area contributed by atoms with Gasteiger partial charge >= 0.3 is 0 Å². The molecule has 0 aliphatic rings. The van der Waals surface area contributed by atoms with Crippen LogP contribution in [-0.2, 0) is 17.6 Å². The van der Waals surface area contributed by atoms with Gasteiger partial charge in [-0.15, -0.1) is 6.42 Å². The quantitative estimate of drug-likeness (QED) is 0.469. The molecule has 4 rings (SSSR count). The molecule has 0 amide bonds. The van der Waals surface area contributed by atoms with Gasteiger partial charge in [0.05, 0.1) is 5.52 Å². The highest BCUT2D eigenvalue weighted by Crippen LogP contribution is 2.25. The van der Waals surface area contributed by atoms with Crippen molar-refractivity contribution in [1.82, 2.24) is 15.0 Å². The molecule has 2 aromatic heterocycles. The first-order valence-electron chi connectivity index (χ1n) is 9.69. The highest BCUT2D eigenvalue weighted by Gasteiger charge is 2.09. The fraction of sp³-hybridized carbons (Fsp3) is 0.120. The lowest BCUT2D eigenvalue weighted by Gasteiger charge is -2.10. The molecule has 2 aromatic carbocycles. The Morgan fingerprint density at radius 1 is 1.03 bits per heavy atom. The van der Waals surface area contributed by atoms with Crippen molar-refractivity contribution in [3.63, 3.8) is 0 Å². The van der Waals surface area contributed by atoms with Gasteiger partial charge in [-0.2, -0.15) is 0 Å². The molecule has 1 N–H and O–H groups in total. The minimum Gasteiger partial charge on any atom is -0.340 e. The van der Waals surface area contributed by atoms with E-state index in [-0.39, 0.29) is 5.78 Å². The number of nitrogens with one attached hydrogen (secondary N) is 1. The third-order valence-electron chi connectivity index (χ3n) is 4.81. The van der Waals surface area contributed by atoms with Gasteiger partial charge in [-0.3, -0.25) is 9.78 Å². The van der Waals surface area contributed by atoms with Crippen LogP contribution < -0.4 is 5.32 Å². The van der Waals surface area contributed by atoms with Crippen LogP contribution in [0.3, 0.4) is 0 Å². The fourth-order valence-corrected chi connectivity index (χ4v) is 3.28. The maximum atomic E-state index is 12.5. The molecule has 0 unspecified atom stereocenters. The van der Waals surface area contributed by atoms with Crippen LogP contribution in [0.1, 0.15) is 23.1 Å². The topological polar surface area (TPSA) is 67.8 Å². The number of hydrogen-bond donors (Lipinski definition) is 1. The summed E-state index contributed by atoms with van der Waals surface area (Å²) in [7, 11) is 0. The molecule has 0 radical (unpaired) electrons. The minimum absolute atomic E-state index is 0.186. The monoisotopic (exact) mass is 392 g/mol. The number of Topliss-reactive ketones (excluding diaryl/α,β-unsaturated/α-hetero) is 1. The average molecular weight is 392 g/mol. The van der Waals surface area contributed by atoms with Crippen LogP contribution in [0.25, 0.3) is 10.9 Å². The summed E-state index contributed by atoms with van der Waals surface area (Å²) in [5.74, 6) is 3.50. The predicted octanol–water partition coefficient (Wildman–Crippen LogP) is 4.49. The Morgan fingerprint density at radius 2 is 1.97 bits per heavy atom. The van der Waals surface area contributed by atoms with Crippen LogP contribution in [0.4, 0.5) is 11.5 Å². The Labute approximate surface area is 175 Å². The number of benzene rings is 2. The number of carbonyl (C=O) groups is 1. The van der Waals surface area contributed by atoms with Gasteiger partial charge in [0, 0.05) is 41.9 Å². The number of aromatic nitrogens is 3. The molecule has 4 aromatic rings. The lowest BCUT2D eigenvalue weighted by Crippen LogP contribution is -2.05. The second-order valence-corrected chi connectivity index (χ2v) is 7.00. The summed E-state index contributed by atoms with van der Waals surface area (Å²) in [6.07, 6.45) is 12.1. The third-order valence-corrected chi connectivity index (χ3v) is 4.81. The van der Waals surface area contributed by atoms with Crippen molar-refractivity contribution in [2.45, 2.75) is 19.3 Å². The Morgan fingerprint density at radius 3 is 2.80 bits per heavy atom. The normalized spacial score (nSPS) is 10.5. The second-order valence-electron chi connectivity index (χ2n) is 7.00. The maximum Gasteiger partial charge on any atom is 0.141 e. The molecule has 5 nitrogen and oxygen atoms in total. The van der Waals surface area contributed by atoms with E-state index < -0.39 is 0 Å². The summed E-state index contributed by atoms with van der Waals surface area (Å²) in [6.45, 7) is 0. The smallest absolute Gasteiger partial charge is 0.141 e. The first-order valence-corrected chi connectivity index (χ1v) is 9.69. The van der Waals surface area contributed by atoms with Crippen LogP contribution in [0, 0.1) is 12.3 Å². The molecule has 146 valence electrons. The molecule has 0 atom stereocenters. The van der Waals surface area contributed by atoms with Gasteiger partial charge in [0.2, 0.25) is 0 Å². The largest absolute Gasteiger partial charge is 0.340 e. The van der Waals surface area contributed by atoms with Crippen molar-refractivity contribution in [2.75, 3.05) is 5.32 Å². The highest BCUT2D eigenvalue weighted by atomic mass is 16.1. The predicted molar refractivity (Wildman–Crippen MR) is 118 cm³/mol. The van der Waals surface area contributed by atoms with E-state index in [4.69, 9.17) is 6.42 Å². The maximum absolute atomic E-state index is 12.5. The van der Waals surface area contributed by atoms with E-state index in [1.165, 1.54) is 6.33 Å². The average Bonchev–Trinajstić information content (AvgIpc) is 2.79. The zero-order valence-electron chi connectivity index (χ0n) is 16.4. The molecular formula is C25H20N4O. The van der Waals surface area contributed by atoms with Crippen LogP contribution in [0.2, 0.25) is 0 Å². The van der Waals surface area contributed by atoms with Gasteiger partial charge in [-0.25, -0.2) is 9.97 Å². The van der Waals surface area contributed by atoms with Crippen LogP contribution in [0.5, 0.6) is 0 Å². The molecule has 5 heteroatoms. The van der Waals surface area contributed by atoms with Gasteiger partial charge in [-0.1, -0.05) is 24.1 Å². The zero-order chi connectivity index (χ0) is 20.8. The lowest BCUT2D eigenvalue weighted by atomic mass is 10.0. The number of anilines is 2. The number of fused-ring (bicyclic) bond motifs is 1. The zero-order valence-corrected chi connectivity index (χ0v) is 16.4. The lowest BCUT2D eigenvalue weighted by molar-refractivity contribution is -0.118. The molecule has 30 heavy (non-hydrogen) atoms. The third kappa shape index (κ3) is 4.68. The van der Waals surface area contributed by atoms with Gasteiger partial charge in [-0.05, 0) is 53.9 Å². The first kappa shape index (κ1) is 19.3. The Bertz CT molecular complexity index is 1230. The summed E-state index contributed by atoms with van der Waals surface area (Å²) in [5, 5.41) is 4.17. The number of hydrogen-bond acceptors (Lipinski definition) is 5. The molecule has 0 saturated carbocycles. The van der Waals surface area contributed by atoms with Crippen molar-refractivity contribution < 1.29 is 4.79 Å². The van der Waals surface area contributed by atoms with Gasteiger partial charge in [0.25, 0.3) is 0 Å². The van der Waals surface area contributed by atoms with Crippen molar-refractivity contribution in [2.24, 2.45) is 0 Å². The number of rotatable bonds is 7. The van der Waals surface area contributed by atoms with Crippen LogP contribution in [0.15, 0.2) is 73.3 Å². The molecule has 0 aliphatic carbocycles. The van der Waals surface area contributed by atoms with E-state index in [1.54, 1.807) is 12.4 Å². The van der Waals surface area contributed by atoms with E-state index in [1.807, 2.05) is 54.6 Å². The summed E-state index contributed by atoms with van der Waals surface area (Å²) in [5.41, 5.74) is 4.46. The minimum atomic E-state index is 0.186. The Hall–Kier alpha value is -4.04. The number of nitrogens with zero attached hydrogens (tertiary/aromatic N) is 3. The van der Waals surface area contributed by atoms with E-state index in [0.29, 0.717) is 25.1 Å². The van der Waals surface area contributed by atoms with Crippen molar-refractivity contribution in [1.29, 1.82) is 0 Å². The van der Waals surface area contributed by atoms with Gasteiger partial charge < -0.3 is 5.32 Å². The summed E-state index contributed by atoms with van der Waals surface area (Å²) in [6, 6.07) is 17.3. The Balaban J connectivity index is 1.52. The summed E-state index contributed by atoms with van der Waals surface area (Å²) < 4.78 is 0. The number of carbonyl (C=O) groups excluding carboxylic acids is 1. The van der Waals surface area contributed by atoms with Crippen LogP contribution in [-0.4, -0.2) is 20.7 Å². The van der Waals surface area contributed by atoms with Gasteiger partial charge in [0.15, 0.2) is 0 Å². The first-order chi connectivity index (χ1) is 14.7. The van der Waals surface area contributed by atoms with Crippen molar-refractivity contribution in [3.8, 4) is 12.3 Å². The Kier molecular flexibility index (Phi) is 5.77. The van der Waals surface area contributed by atoms with E-state index in [0.717, 1.165) is 33.3 Å². The standard InChI is InChI=1S/C25H20N4O/c1-2-18-5-3-7-21(13-18)29-25-23-15-20(9-11-24(23)27-17-28-25)14-22(30)10-8-19-6-4-12-26-16-19/h1,3-7,9,11-13,15-17H,8,10,14H2,(H,27,28,29). The van der Waals surface area contributed by atoms with E-state index >= 15 is 0 Å². The van der Waals surface area contributed by atoms with Crippen molar-refractivity contribution in [3.05, 3.63) is 90.0 Å². The van der Waals surface area contributed by atoms with E-state index in [9.17, 15) is 4.79 Å². The van der Waals surface area contributed by atoms with Gasteiger partial charge in [0.1, 0.15) is 17.9 Å². The SMILES string of the molecule is C#Cc1cccc(Nc2ncnc3ccc(CC(=O)CCc4cccnc4)cc23)c1. The highest BCUT2D eigenvalue weighted by molar-refractivity contribution is 5.92. The number of aryl methyl sites for hydroxylation is 1. The van der Waals surface area contributed by atoms with Crippen LogP contribution >= 0.6 is 0 Å². The molecule has 0 aliphatic heterocycles. The summed E-state index contributed by atoms with van der Waals surface area (Å²) in [4.78, 5) is 25.3.